The molecule has 1 fully saturated rings. The molecule has 0 amide bonds. The Morgan fingerprint density at radius 2 is 1.76 bits per heavy atom. The second-order valence-corrected chi connectivity index (χ2v) is 8.31. The molecule has 1 saturated heterocycles. The van der Waals surface area contributed by atoms with Crippen LogP contribution in [0.15, 0.2) is 36.5 Å². The van der Waals surface area contributed by atoms with Crippen molar-refractivity contribution in [3.63, 3.8) is 0 Å². The lowest BCUT2D eigenvalue weighted by molar-refractivity contribution is -0.316. The Hall–Kier alpha value is -1.10. The highest BCUT2D eigenvalue weighted by atomic mass is 16.7. The Kier molecular flexibility index (Phi) is 9.65. The molecule has 0 saturated carbocycles. The van der Waals surface area contributed by atoms with Gasteiger partial charge in [0, 0.05) is 0 Å². The number of rotatable bonds is 10. The molecule has 0 aromatic carbocycles. The van der Waals surface area contributed by atoms with Crippen LogP contribution in [0.1, 0.15) is 40.5 Å². The fourth-order valence-electron chi connectivity index (χ4n) is 2.77. The van der Waals surface area contributed by atoms with Crippen LogP contribution in [0.3, 0.4) is 0 Å². The molecule has 1 aliphatic rings. The molecule has 168 valence electrons. The van der Waals surface area contributed by atoms with Crippen LogP contribution in [0.25, 0.3) is 0 Å². The average Bonchev–Trinajstić information content (AvgIpc) is 2.63. The first kappa shape index (κ1) is 25.9. The molecule has 0 unspecified atom stereocenters. The Labute approximate surface area is 172 Å². The van der Waals surface area contributed by atoms with E-state index in [4.69, 9.17) is 9.47 Å². The minimum atomic E-state index is -1.56. The van der Waals surface area contributed by atoms with Crippen molar-refractivity contribution in [1.82, 2.24) is 0 Å². The molecule has 0 bridgehead atoms. The standard InChI is InChI=1S/C21H36O8/c1-6-21(5,27)11-7-8-13(2)9-10-15(20(3,4)26)29-19-18(25)17(24)16(23)14(12-22)28-19/h6,8-10,14-19,22-27H,1,7,11-12H2,2-5H3/b10-9+,13-8+/t14-,15+,16-,17+,18-,19+,21-/m0/s1. The van der Waals surface area contributed by atoms with E-state index >= 15 is 0 Å². The minimum absolute atomic E-state index is 0.512. The number of ether oxygens (including phenoxy) is 2. The van der Waals surface area contributed by atoms with Gasteiger partial charge in [-0.15, -0.1) is 6.58 Å². The first-order valence-electron chi connectivity index (χ1n) is 9.71. The number of allylic oxidation sites excluding steroid dienone is 3. The average molecular weight is 417 g/mol. The van der Waals surface area contributed by atoms with E-state index in [1.165, 1.54) is 19.9 Å². The largest absolute Gasteiger partial charge is 0.394 e. The van der Waals surface area contributed by atoms with Crippen LogP contribution in [-0.4, -0.2) is 85.3 Å². The van der Waals surface area contributed by atoms with Crippen LogP contribution in [-0.2, 0) is 9.47 Å². The first-order chi connectivity index (χ1) is 13.3. The minimum Gasteiger partial charge on any atom is -0.394 e. The van der Waals surface area contributed by atoms with Gasteiger partial charge in [-0.3, -0.25) is 0 Å². The lowest BCUT2D eigenvalue weighted by Crippen LogP contribution is -2.60. The Balaban J connectivity index is 2.85. The van der Waals surface area contributed by atoms with Gasteiger partial charge in [0.2, 0.25) is 0 Å². The maximum atomic E-state index is 10.4. The third-order valence-electron chi connectivity index (χ3n) is 4.92. The van der Waals surface area contributed by atoms with Crippen LogP contribution in [0.5, 0.6) is 0 Å². The molecule has 0 aromatic rings. The van der Waals surface area contributed by atoms with Crippen molar-refractivity contribution in [2.24, 2.45) is 0 Å². The molecular weight excluding hydrogens is 380 g/mol. The molecule has 0 spiro atoms. The molecule has 29 heavy (non-hydrogen) atoms. The van der Waals surface area contributed by atoms with Crippen LogP contribution in [0.4, 0.5) is 0 Å². The lowest BCUT2D eigenvalue weighted by Gasteiger charge is -2.42. The summed E-state index contributed by atoms with van der Waals surface area (Å²) in [5.74, 6) is 0. The number of hydrogen-bond acceptors (Lipinski definition) is 8. The third-order valence-corrected chi connectivity index (χ3v) is 4.92. The van der Waals surface area contributed by atoms with Gasteiger partial charge in [-0.25, -0.2) is 0 Å². The van der Waals surface area contributed by atoms with Crippen LogP contribution >= 0.6 is 0 Å². The quantitative estimate of drug-likeness (QED) is 0.219. The number of aliphatic hydroxyl groups excluding tert-OH is 4. The molecular formula is C21H36O8. The highest BCUT2D eigenvalue weighted by Crippen LogP contribution is 2.26. The molecule has 0 aliphatic carbocycles. The van der Waals surface area contributed by atoms with E-state index in [1.54, 1.807) is 19.1 Å². The lowest BCUT2D eigenvalue weighted by atomic mass is 9.97. The summed E-state index contributed by atoms with van der Waals surface area (Å²) in [6, 6.07) is 0. The summed E-state index contributed by atoms with van der Waals surface area (Å²) in [5, 5.41) is 59.5. The van der Waals surface area contributed by atoms with Gasteiger partial charge in [0.05, 0.1) is 17.8 Å². The van der Waals surface area contributed by atoms with E-state index in [9.17, 15) is 30.6 Å². The fraction of sp³-hybridized carbons (Fsp3) is 0.714. The maximum Gasteiger partial charge on any atom is 0.187 e. The summed E-state index contributed by atoms with van der Waals surface area (Å²) >= 11 is 0. The van der Waals surface area contributed by atoms with Crippen LogP contribution < -0.4 is 0 Å². The van der Waals surface area contributed by atoms with Gasteiger partial charge in [0.1, 0.15) is 30.5 Å². The van der Waals surface area contributed by atoms with Crippen molar-refractivity contribution in [2.45, 2.75) is 88.5 Å². The topological polar surface area (TPSA) is 140 Å². The van der Waals surface area contributed by atoms with Gasteiger partial charge < -0.3 is 40.1 Å². The second-order valence-electron chi connectivity index (χ2n) is 8.31. The second kappa shape index (κ2) is 10.8. The van der Waals surface area contributed by atoms with Crippen molar-refractivity contribution in [2.75, 3.05) is 6.61 Å². The summed E-state index contributed by atoms with van der Waals surface area (Å²) in [4.78, 5) is 0. The van der Waals surface area contributed by atoms with E-state index in [2.05, 4.69) is 6.58 Å². The van der Waals surface area contributed by atoms with Gasteiger partial charge in [-0.1, -0.05) is 29.9 Å². The Bertz CT molecular complexity index is 576. The first-order valence-corrected chi connectivity index (χ1v) is 9.71. The van der Waals surface area contributed by atoms with Gasteiger partial charge in [-0.05, 0) is 40.5 Å². The van der Waals surface area contributed by atoms with Gasteiger partial charge >= 0.3 is 0 Å². The van der Waals surface area contributed by atoms with E-state index in [1.807, 2.05) is 13.0 Å². The van der Waals surface area contributed by atoms with E-state index in [0.29, 0.717) is 12.8 Å². The highest BCUT2D eigenvalue weighted by molar-refractivity contribution is 5.18. The molecule has 8 nitrogen and oxygen atoms in total. The smallest absolute Gasteiger partial charge is 0.187 e. The zero-order valence-electron chi connectivity index (χ0n) is 17.6. The zero-order valence-corrected chi connectivity index (χ0v) is 17.6. The summed E-state index contributed by atoms with van der Waals surface area (Å²) in [6.45, 7) is 9.60. The van der Waals surface area contributed by atoms with E-state index in [-0.39, 0.29) is 0 Å². The predicted octanol–water partition coefficient (Wildman–Crippen LogP) is 0.162. The molecule has 8 heteroatoms. The van der Waals surface area contributed by atoms with Crippen LogP contribution in [0, 0.1) is 0 Å². The number of hydrogen-bond donors (Lipinski definition) is 6. The monoisotopic (exact) mass is 416 g/mol. The Morgan fingerprint density at radius 3 is 2.28 bits per heavy atom. The van der Waals surface area contributed by atoms with Crippen molar-refractivity contribution < 1.29 is 40.1 Å². The van der Waals surface area contributed by atoms with Crippen molar-refractivity contribution in [3.8, 4) is 0 Å². The van der Waals surface area contributed by atoms with Gasteiger partial charge in [-0.2, -0.15) is 0 Å². The fourth-order valence-corrected chi connectivity index (χ4v) is 2.77. The van der Waals surface area contributed by atoms with Crippen LogP contribution in [0.2, 0.25) is 0 Å². The molecule has 1 aliphatic heterocycles. The van der Waals surface area contributed by atoms with Gasteiger partial charge in [0.25, 0.3) is 0 Å². The maximum absolute atomic E-state index is 10.4. The summed E-state index contributed by atoms with van der Waals surface area (Å²) in [6.07, 6.45) is -0.0769. The molecule has 1 heterocycles. The molecule has 6 N–H and O–H groups in total. The molecule has 0 radical (unpaired) electrons. The van der Waals surface area contributed by atoms with E-state index in [0.717, 1.165) is 5.57 Å². The summed E-state index contributed by atoms with van der Waals surface area (Å²) in [5.41, 5.74) is -1.42. The third kappa shape index (κ3) is 7.92. The summed E-state index contributed by atoms with van der Waals surface area (Å²) in [7, 11) is 0. The highest BCUT2D eigenvalue weighted by Gasteiger charge is 2.45. The Morgan fingerprint density at radius 1 is 1.14 bits per heavy atom. The normalized spacial score (nSPS) is 32.2. The predicted molar refractivity (Wildman–Crippen MR) is 108 cm³/mol. The molecule has 7 atom stereocenters. The van der Waals surface area contributed by atoms with Gasteiger partial charge in [0.15, 0.2) is 6.29 Å². The molecule has 0 aromatic heterocycles. The SMILES string of the molecule is C=C[C@](C)(O)CC/C=C(C)/C=C/[C@@H](O[C@H]1O[C@@H](CO)[C@H](O)[C@@H](O)[C@@H]1O)C(C)(C)O. The zero-order chi connectivity index (χ0) is 22.4. The number of aliphatic hydroxyl groups is 6. The van der Waals surface area contributed by atoms with Crippen molar-refractivity contribution in [1.29, 1.82) is 0 Å². The van der Waals surface area contributed by atoms with Crippen molar-refractivity contribution >= 4 is 0 Å². The molecule has 1 rings (SSSR count). The summed E-state index contributed by atoms with van der Waals surface area (Å²) < 4.78 is 11.0. The van der Waals surface area contributed by atoms with Crippen molar-refractivity contribution in [3.05, 3.63) is 36.5 Å². The van der Waals surface area contributed by atoms with E-state index < -0.39 is 54.6 Å².